The summed E-state index contributed by atoms with van der Waals surface area (Å²) >= 11 is 0. The molecule has 0 fully saturated rings. The van der Waals surface area contributed by atoms with Gasteiger partial charge in [0.1, 0.15) is 5.75 Å². The summed E-state index contributed by atoms with van der Waals surface area (Å²) in [6.45, 7) is 0.822. The number of benzene rings is 1. The second kappa shape index (κ2) is 5.67. The minimum absolute atomic E-state index is 0.400. The van der Waals surface area contributed by atoms with Gasteiger partial charge in [-0.1, -0.05) is 18.2 Å². The number of methoxy groups -OCH3 is 1. The van der Waals surface area contributed by atoms with Crippen LogP contribution in [0, 0.1) is 0 Å². The molecule has 0 saturated carbocycles. The molecular weight excluding hydrogens is 250 g/mol. The highest BCUT2D eigenvalue weighted by molar-refractivity contribution is 5.33. The highest BCUT2D eigenvalue weighted by Crippen LogP contribution is 2.29. The zero-order chi connectivity index (χ0) is 13.9. The molecule has 1 heterocycles. The topological polar surface area (TPSA) is 39.1 Å². The number of fused-ring (bicyclic) bond motifs is 1. The quantitative estimate of drug-likeness (QED) is 0.929. The summed E-state index contributed by atoms with van der Waals surface area (Å²) in [5.41, 5.74) is 3.92. The van der Waals surface area contributed by atoms with Gasteiger partial charge >= 0.3 is 0 Å². The molecule has 0 amide bonds. The maximum atomic E-state index is 5.40. The number of hydrogen-bond donors (Lipinski definition) is 1. The van der Waals surface area contributed by atoms with Crippen molar-refractivity contribution >= 4 is 0 Å². The third-order valence-electron chi connectivity index (χ3n) is 4.11. The molecule has 2 aromatic rings. The minimum Gasteiger partial charge on any atom is -0.496 e. The fourth-order valence-corrected chi connectivity index (χ4v) is 3.00. The third-order valence-corrected chi connectivity index (χ3v) is 4.11. The summed E-state index contributed by atoms with van der Waals surface area (Å²) in [7, 11) is 3.75. The monoisotopic (exact) mass is 271 g/mol. The van der Waals surface area contributed by atoms with Crippen molar-refractivity contribution in [1.29, 1.82) is 0 Å². The molecule has 4 heteroatoms. The SMILES string of the molecule is COc1ccccc1CN[C@H]1CCCc2c1cnn2C. The molecule has 106 valence electrons. The van der Waals surface area contributed by atoms with Crippen molar-refractivity contribution in [3.8, 4) is 5.75 Å². The lowest BCUT2D eigenvalue weighted by Crippen LogP contribution is -2.25. The predicted octanol–water partition coefficient (Wildman–Crippen LogP) is 2.60. The fraction of sp³-hybridized carbons (Fsp3) is 0.438. The molecule has 0 saturated heterocycles. The minimum atomic E-state index is 0.400. The number of para-hydroxylation sites is 1. The van der Waals surface area contributed by atoms with Gasteiger partial charge in [-0.3, -0.25) is 4.68 Å². The summed E-state index contributed by atoms with van der Waals surface area (Å²) in [5.74, 6) is 0.946. The van der Waals surface area contributed by atoms with Crippen LogP contribution in [0.4, 0.5) is 0 Å². The highest BCUT2D eigenvalue weighted by Gasteiger charge is 2.23. The zero-order valence-corrected chi connectivity index (χ0v) is 12.1. The molecule has 0 radical (unpaired) electrons. The maximum absolute atomic E-state index is 5.40. The molecule has 1 aromatic carbocycles. The number of nitrogens with one attached hydrogen (secondary N) is 1. The molecule has 0 unspecified atom stereocenters. The average Bonchev–Trinajstić information content (AvgIpc) is 2.88. The first kappa shape index (κ1) is 13.2. The zero-order valence-electron chi connectivity index (χ0n) is 12.1. The Bertz CT molecular complexity index is 591. The molecule has 1 N–H and O–H groups in total. The summed E-state index contributed by atoms with van der Waals surface area (Å²) in [5, 5.41) is 8.04. The number of rotatable bonds is 4. The first-order valence-electron chi connectivity index (χ1n) is 7.15. The molecule has 3 rings (SSSR count). The van der Waals surface area contributed by atoms with E-state index in [0.29, 0.717) is 6.04 Å². The number of ether oxygens (including phenoxy) is 1. The van der Waals surface area contributed by atoms with Crippen LogP contribution in [0.5, 0.6) is 5.75 Å². The summed E-state index contributed by atoms with van der Waals surface area (Å²) in [6, 6.07) is 8.57. The molecule has 1 aliphatic carbocycles. The Balaban J connectivity index is 1.73. The molecule has 20 heavy (non-hydrogen) atoms. The first-order valence-corrected chi connectivity index (χ1v) is 7.15. The molecule has 4 nitrogen and oxygen atoms in total. The van der Waals surface area contributed by atoms with E-state index in [1.165, 1.54) is 29.7 Å². The van der Waals surface area contributed by atoms with Gasteiger partial charge in [0.25, 0.3) is 0 Å². The van der Waals surface area contributed by atoms with Gasteiger partial charge in [0.2, 0.25) is 0 Å². The fourth-order valence-electron chi connectivity index (χ4n) is 3.00. The molecule has 1 aliphatic rings. The van der Waals surface area contributed by atoms with E-state index in [-0.39, 0.29) is 0 Å². The molecule has 0 aliphatic heterocycles. The van der Waals surface area contributed by atoms with E-state index >= 15 is 0 Å². The van der Waals surface area contributed by atoms with E-state index in [2.05, 4.69) is 22.5 Å². The number of aromatic nitrogens is 2. The van der Waals surface area contributed by atoms with Crippen molar-refractivity contribution in [1.82, 2.24) is 15.1 Å². The summed E-state index contributed by atoms with van der Waals surface area (Å²) < 4.78 is 7.41. The Hall–Kier alpha value is -1.81. The van der Waals surface area contributed by atoms with Crippen molar-refractivity contribution < 1.29 is 4.74 Å². The lowest BCUT2D eigenvalue weighted by atomic mass is 9.93. The van der Waals surface area contributed by atoms with E-state index in [0.717, 1.165) is 18.7 Å². The van der Waals surface area contributed by atoms with E-state index in [1.54, 1.807) is 7.11 Å². The van der Waals surface area contributed by atoms with Crippen LogP contribution in [0.2, 0.25) is 0 Å². The van der Waals surface area contributed by atoms with Gasteiger partial charge < -0.3 is 10.1 Å². The maximum Gasteiger partial charge on any atom is 0.123 e. The van der Waals surface area contributed by atoms with Gasteiger partial charge in [-0.15, -0.1) is 0 Å². The van der Waals surface area contributed by atoms with Crippen molar-refractivity contribution in [3.05, 3.63) is 47.3 Å². The van der Waals surface area contributed by atoms with Crippen LogP contribution < -0.4 is 10.1 Å². The normalized spacial score (nSPS) is 17.8. The third kappa shape index (κ3) is 2.43. The Morgan fingerprint density at radius 1 is 1.40 bits per heavy atom. The Morgan fingerprint density at radius 2 is 2.25 bits per heavy atom. The van der Waals surface area contributed by atoms with Gasteiger partial charge in [0.05, 0.1) is 13.3 Å². The standard InChI is InChI=1S/C16H21N3O/c1-19-15-8-5-7-14(13(15)11-18-19)17-10-12-6-3-4-9-16(12)20-2/h3-4,6,9,11,14,17H,5,7-8,10H2,1-2H3/t14-/m0/s1. The lowest BCUT2D eigenvalue weighted by molar-refractivity contribution is 0.400. The Morgan fingerprint density at radius 3 is 3.10 bits per heavy atom. The molecular formula is C16H21N3O. The summed E-state index contributed by atoms with van der Waals surface area (Å²) in [6.07, 6.45) is 5.54. The van der Waals surface area contributed by atoms with Crippen molar-refractivity contribution in [2.75, 3.05) is 7.11 Å². The largest absolute Gasteiger partial charge is 0.496 e. The molecule has 1 aromatic heterocycles. The van der Waals surface area contributed by atoms with Gasteiger partial charge in [-0.2, -0.15) is 5.10 Å². The number of hydrogen-bond acceptors (Lipinski definition) is 3. The van der Waals surface area contributed by atoms with Crippen LogP contribution in [0.3, 0.4) is 0 Å². The Kier molecular flexibility index (Phi) is 3.74. The van der Waals surface area contributed by atoms with Crippen LogP contribution in [0.1, 0.15) is 35.7 Å². The Labute approximate surface area is 119 Å². The van der Waals surface area contributed by atoms with E-state index in [1.807, 2.05) is 30.1 Å². The first-order chi connectivity index (χ1) is 9.79. The second-order valence-corrected chi connectivity index (χ2v) is 5.31. The van der Waals surface area contributed by atoms with Crippen molar-refractivity contribution in [3.63, 3.8) is 0 Å². The number of aryl methyl sites for hydroxylation is 1. The van der Waals surface area contributed by atoms with Crippen LogP contribution in [0.25, 0.3) is 0 Å². The molecule has 0 spiro atoms. The van der Waals surface area contributed by atoms with E-state index < -0.39 is 0 Å². The predicted molar refractivity (Wildman–Crippen MR) is 78.7 cm³/mol. The lowest BCUT2D eigenvalue weighted by Gasteiger charge is -2.24. The van der Waals surface area contributed by atoms with Gasteiger partial charge in [0.15, 0.2) is 0 Å². The average molecular weight is 271 g/mol. The van der Waals surface area contributed by atoms with Gasteiger partial charge in [-0.05, 0) is 25.3 Å². The van der Waals surface area contributed by atoms with Crippen molar-refractivity contribution in [2.45, 2.75) is 31.8 Å². The molecule has 1 atom stereocenters. The van der Waals surface area contributed by atoms with Gasteiger partial charge in [-0.25, -0.2) is 0 Å². The smallest absolute Gasteiger partial charge is 0.123 e. The van der Waals surface area contributed by atoms with Gasteiger partial charge in [0, 0.05) is 36.5 Å². The van der Waals surface area contributed by atoms with Crippen LogP contribution >= 0.6 is 0 Å². The summed E-state index contributed by atoms with van der Waals surface area (Å²) in [4.78, 5) is 0. The van der Waals surface area contributed by atoms with E-state index in [4.69, 9.17) is 4.74 Å². The second-order valence-electron chi connectivity index (χ2n) is 5.31. The highest BCUT2D eigenvalue weighted by atomic mass is 16.5. The van der Waals surface area contributed by atoms with Crippen molar-refractivity contribution in [2.24, 2.45) is 7.05 Å². The van der Waals surface area contributed by atoms with Crippen LogP contribution in [-0.2, 0) is 20.0 Å². The molecule has 0 bridgehead atoms. The van der Waals surface area contributed by atoms with Crippen LogP contribution in [-0.4, -0.2) is 16.9 Å². The van der Waals surface area contributed by atoms with E-state index in [9.17, 15) is 0 Å². The number of nitrogens with zero attached hydrogens (tertiary/aromatic N) is 2. The van der Waals surface area contributed by atoms with Crippen LogP contribution in [0.15, 0.2) is 30.5 Å².